The molecule has 0 aliphatic rings. The van der Waals surface area contributed by atoms with Crippen molar-refractivity contribution in [1.29, 1.82) is 0 Å². The van der Waals surface area contributed by atoms with E-state index in [1.54, 1.807) is 18.2 Å². The zero-order valence-electron chi connectivity index (χ0n) is 9.50. The molecule has 0 aromatic heterocycles. The number of hydrogen-bond donors (Lipinski definition) is 0. The molecule has 0 fully saturated rings. The van der Waals surface area contributed by atoms with E-state index in [1.165, 1.54) is 18.9 Å². The highest BCUT2D eigenvalue weighted by Gasteiger charge is 2.06. The average molecular weight is 210 g/mol. The normalized spacial score (nSPS) is 12.5. The molecule has 0 saturated carbocycles. The number of para-hydroxylation sites is 1. The zero-order chi connectivity index (χ0) is 11.1. The highest BCUT2D eigenvalue weighted by atomic mass is 19.1. The molecule has 15 heavy (non-hydrogen) atoms. The van der Waals surface area contributed by atoms with E-state index in [0.717, 1.165) is 12.8 Å². The van der Waals surface area contributed by atoms with Gasteiger partial charge >= 0.3 is 0 Å². The van der Waals surface area contributed by atoms with Crippen molar-refractivity contribution in [2.24, 2.45) is 0 Å². The molecule has 0 aliphatic carbocycles. The zero-order valence-corrected chi connectivity index (χ0v) is 9.50. The molecule has 1 aromatic carbocycles. The predicted molar refractivity (Wildman–Crippen MR) is 60.6 cm³/mol. The molecule has 0 radical (unpaired) electrons. The Balaban J connectivity index is 2.37. The van der Waals surface area contributed by atoms with Gasteiger partial charge < -0.3 is 4.74 Å². The van der Waals surface area contributed by atoms with Crippen LogP contribution in [-0.2, 0) is 0 Å². The number of hydrogen-bond acceptors (Lipinski definition) is 1. The second-order valence-electron chi connectivity index (χ2n) is 3.85. The van der Waals surface area contributed by atoms with Crippen LogP contribution >= 0.6 is 0 Å². The van der Waals surface area contributed by atoms with Crippen molar-refractivity contribution in [2.45, 2.75) is 45.6 Å². The van der Waals surface area contributed by atoms with Crippen molar-refractivity contribution in [3.8, 4) is 5.75 Å². The van der Waals surface area contributed by atoms with Crippen molar-refractivity contribution in [2.75, 3.05) is 0 Å². The Morgan fingerprint density at radius 2 is 2.00 bits per heavy atom. The first-order chi connectivity index (χ1) is 7.24. The first kappa shape index (κ1) is 12.0. The summed E-state index contributed by atoms with van der Waals surface area (Å²) in [6, 6.07) is 6.56. The summed E-state index contributed by atoms with van der Waals surface area (Å²) in [6.07, 6.45) is 4.64. The van der Waals surface area contributed by atoms with E-state index in [0.29, 0.717) is 5.75 Å². The van der Waals surface area contributed by atoms with Crippen molar-refractivity contribution in [3.05, 3.63) is 30.1 Å². The van der Waals surface area contributed by atoms with E-state index in [1.807, 2.05) is 6.92 Å². The van der Waals surface area contributed by atoms with E-state index < -0.39 is 0 Å². The average Bonchev–Trinajstić information content (AvgIpc) is 2.22. The number of rotatable bonds is 6. The van der Waals surface area contributed by atoms with E-state index in [-0.39, 0.29) is 11.9 Å². The largest absolute Gasteiger partial charge is 0.488 e. The minimum Gasteiger partial charge on any atom is -0.488 e. The van der Waals surface area contributed by atoms with Crippen molar-refractivity contribution >= 4 is 0 Å². The Hall–Kier alpha value is -1.05. The Kier molecular flexibility index (Phi) is 5.16. The SMILES string of the molecule is CCCCCC(C)Oc1ccccc1F. The van der Waals surface area contributed by atoms with Gasteiger partial charge in [0.25, 0.3) is 0 Å². The number of ether oxygens (including phenoxy) is 1. The van der Waals surface area contributed by atoms with Gasteiger partial charge in [0.05, 0.1) is 6.10 Å². The van der Waals surface area contributed by atoms with Crippen LogP contribution in [0.3, 0.4) is 0 Å². The molecule has 2 heteroatoms. The summed E-state index contributed by atoms with van der Waals surface area (Å²) < 4.78 is 18.7. The van der Waals surface area contributed by atoms with Crippen LogP contribution in [0.5, 0.6) is 5.75 Å². The summed E-state index contributed by atoms with van der Waals surface area (Å²) in [5.74, 6) is 0.0846. The minimum absolute atomic E-state index is 0.0912. The van der Waals surface area contributed by atoms with Crippen molar-refractivity contribution in [3.63, 3.8) is 0 Å². The van der Waals surface area contributed by atoms with Gasteiger partial charge in [-0.25, -0.2) is 4.39 Å². The molecule has 0 heterocycles. The fourth-order valence-electron chi connectivity index (χ4n) is 1.50. The Morgan fingerprint density at radius 1 is 1.27 bits per heavy atom. The molecule has 1 unspecified atom stereocenters. The fraction of sp³-hybridized carbons (Fsp3) is 0.538. The molecule has 1 nitrogen and oxygen atoms in total. The highest BCUT2D eigenvalue weighted by Crippen LogP contribution is 2.18. The molecule has 0 bridgehead atoms. The summed E-state index contributed by atoms with van der Waals surface area (Å²) in [5, 5.41) is 0. The van der Waals surface area contributed by atoms with E-state index in [9.17, 15) is 4.39 Å². The second kappa shape index (κ2) is 6.44. The lowest BCUT2D eigenvalue weighted by Crippen LogP contribution is -2.12. The molecule has 0 N–H and O–H groups in total. The molecule has 0 aliphatic heterocycles. The van der Waals surface area contributed by atoms with Gasteiger partial charge in [-0.05, 0) is 31.9 Å². The maximum atomic E-state index is 13.2. The molecule has 1 rings (SSSR count). The van der Waals surface area contributed by atoms with Gasteiger partial charge in [0.1, 0.15) is 0 Å². The highest BCUT2D eigenvalue weighted by molar-refractivity contribution is 5.23. The summed E-state index contributed by atoms with van der Waals surface area (Å²) in [7, 11) is 0. The van der Waals surface area contributed by atoms with Crippen LogP contribution in [0.25, 0.3) is 0 Å². The van der Waals surface area contributed by atoms with Crippen LogP contribution in [0.4, 0.5) is 4.39 Å². The van der Waals surface area contributed by atoms with E-state index >= 15 is 0 Å². The number of halogens is 1. The number of unbranched alkanes of at least 4 members (excludes halogenated alkanes) is 2. The summed E-state index contributed by atoms with van der Waals surface area (Å²) in [5.41, 5.74) is 0. The molecule has 0 amide bonds. The second-order valence-corrected chi connectivity index (χ2v) is 3.85. The van der Waals surface area contributed by atoms with Crippen molar-refractivity contribution < 1.29 is 9.13 Å². The van der Waals surface area contributed by atoms with Crippen LogP contribution in [-0.4, -0.2) is 6.10 Å². The molecule has 84 valence electrons. The van der Waals surface area contributed by atoms with Gasteiger partial charge in [-0.1, -0.05) is 31.9 Å². The lowest BCUT2D eigenvalue weighted by atomic mass is 10.1. The third-order valence-corrected chi connectivity index (χ3v) is 2.38. The third kappa shape index (κ3) is 4.32. The quantitative estimate of drug-likeness (QED) is 0.640. The third-order valence-electron chi connectivity index (χ3n) is 2.38. The predicted octanol–water partition coefficient (Wildman–Crippen LogP) is 4.17. The number of benzene rings is 1. The van der Waals surface area contributed by atoms with Gasteiger partial charge in [0.15, 0.2) is 11.6 Å². The van der Waals surface area contributed by atoms with Crippen LogP contribution in [0, 0.1) is 5.82 Å². The van der Waals surface area contributed by atoms with Gasteiger partial charge in [0.2, 0.25) is 0 Å². The summed E-state index contributed by atoms with van der Waals surface area (Å²) >= 11 is 0. The molecule has 0 saturated heterocycles. The summed E-state index contributed by atoms with van der Waals surface area (Å²) in [4.78, 5) is 0. The van der Waals surface area contributed by atoms with E-state index in [4.69, 9.17) is 4.74 Å². The maximum Gasteiger partial charge on any atom is 0.165 e. The van der Waals surface area contributed by atoms with Gasteiger partial charge in [-0.2, -0.15) is 0 Å². The van der Waals surface area contributed by atoms with Crippen molar-refractivity contribution in [1.82, 2.24) is 0 Å². The Labute approximate surface area is 91.3 Å². The van der Waals surface area contributed by atoms with E-state index in [2.05, 4.69) is 6.92 Å². The Bertz CT molecular complexity index is 286. The fourth-order valence-corrected chi connectivity index (χ4v) is 1.50. The first-order valence-corrected chi connectivity index (χ1v) is 5.65. The summed E-state index contributed by atoms with van der Waals surface area (Å²) in [6.45, 7) is 4.16. The molecular formula is C13H19FO. The topological polar surface area (TPSA) is 9.23 Å². The monoisotopic (exact) mass is 210 g/mol. The van der Waals surface area contributed by atoms with Gasteiger partial charge in [-0.15, -0.1) is 0 Å². The molecular weight excluding hydrogens is 191 g/mol. The molecule has 1 atom stereocenters. The van der Waals surface area contributed by atoms with Crippen LogP contribution in [0.2, 0.25) is 0 Å². The standard InChI is InChI=1S/C13H19FO/c1-3-4-5-8-11(2)15-13-10-7-6-9-12(13)14/h6-7,9-11H,3-5,8H2,1-2H3. The van der Waals surface area contributed by atoms with Crippen LogP contribution in [0.15, 0.2) is 24.3 Å². The molecule has 1 aromatic rings. The lowest BCUT2D eigenvalue weighted by Gasteiger charge is -2.14. The van der Waals surface area contributed by atoms with Gasteiger partial charge in [0, 0.05) is 0 Å². The van der Waals surface area contributed by atoms with Crippen LogP contribution in [0.1, 0.15) is 39.5 Å². The molecule has 0 spiro atoms. The minimum atomic E-state index is -0.278. The first-order valence-electron chi connectivity index (χ1n) is 5.65. The lowest BCUT2D eigenvalue weighted by molar-refractivity contribution is 0.198. The van der Waals surface area contributed by atoms with Gasteiger partial charge in [-0.3, -0.25) is 0 Å². The Morgan fingerprint density at radius 3 is 2.67 bits per heavy atom. The smallest absolute Gasteiger partial charge is 0.165 e. The van der Waals surface area contributed by atoms with Crippen LogP contribution < -0.4 is 4.74 Å². The maximum absolute atomic E-state index is 13.2.